The summed E-state index contributed by atoms with van der Waals surface area (Å²) in [4.78, 5) is 14.2. The Balaban J connectivity index is 2.08. The van der Waals surface area contributed by atoms with Gasteiger partial charge in [0.1, 0.15) is 5.76 Å². The zero-order chi connectivity index (χ0) is 15.4. The van der Waals surface area contributed by atoms with Crippen LogP contribution in [-0.2, 0) is 6.42 Å². The summed E-state index contributed by atoms with van der Waals surface area (Å²) in [5.41, 5.74) is 1.98. The maximum Gasteiger partial charge on any atom is 0.254 e. The zero-order valence-electron chi connectivity index (χ0n) is 13.2. The number of hydrogen-bond donors (Lipinski definition) is 0. The van der Waals surface area contributed by atoms with Crippen LogP contribution in [0.5, 0.6) is 0 Å². The molecule has 0 aliphatic carbocycles. The minimum atomic E-state index is -0.0807. The van der Waals surface area contributed by atoms with E-state index in [0.717, 1.165) is 12.2 Å². The minimum Gasteiger partial charge on any atom is -0.467 e. The highest BCUT2D eigenvalue weighted by Gasteiger charge is 2.20. The summed E-state index contributed by atoms with van der Waals surface area (Å²) >= 11 is 0. The first-order valence-corrected chi connectivity index (χ1v) is 7.38. The molecule has 112 valence electrons. The Morgan fingerprint density at radius 1 is 1.14 bits per heavy atom. The number of nitrogens with zero attached hydrogens (tertiary/aromatic N) is 1. The highest BCUT2D eigenvalue weighted by Crippen LogP contribution is 2.21. The van der Waals surface area contributed by atoms with Crippen LogP contribution in [0.3, 0.4) is 0 Å². The molecule has 0 saturated heterocycles. The Morgan fingerprint density at radius 2 is 1.81 bits per heavy atom. The fourth-order valence-corrected chi connectivity index (χ4v) is 2.35. The summed E-state index contributed by atoms with van der Waals surface area (Å²) in [7, 11) is 1.80. The molecule has 3 heteroatoms. The molecule has 1 aromatic carbocycles. The van der Waals surface area contributed by atoms with E-state index in [4.69, 9.17) is 4.42 Å². The Bertz CT molecular complexity index is 570. The van der Waals surface area contributed by atoms with E-state index in [0.29, 0.717) is 11.5 Å². The van der Waals surface area contributed by atoms with Gasteiger partial charge in [-0.05, 0) is 49.1 Å². The number of rotatable bonds is 5. The monoisotopic (exact) mass is 285 g/mol. The predicted octanol–water partition coefficient (Wildman–Crippen LogP) is 4.31. The van der Waals surface area contributed by atoms with Gasteiger partial charge in [-0.1, -0.05) is 26.0 Å². The van der Waals surface area contributed by atoms with Crippen molar-refractivity contribution in [3.05, 3.63) is 59.5 Å². The standard InChI is InChI=1S/C18H23NO2/c1-13(2)12-15-7-9-16(10-8-15)18(20)19(4)14(3)17-6-5-11-21-17/h5-11,13-14H,12H2,1-4H3. The lowest BCUT2D eigenvalue weighted by Crippen LogP contribution is -2.29. The van der Waals surface area contributed by atoms with Gasteiger partial charge in [0.2, 0.25) is 0 Å². The molecule has 0 spiro atoms. The first-order valence-electron chi connectivity index (χ1n) is 7.38. The Kier molecular flexibility index (Phi) is 4.84. The molecule has 0 saturated carbocycles. The van der Waals surface area contributed by atoms with E-state index < -0.39 is 0 Å². The van der Waals surface area contributed by atoms with E-state index in [1.807, 2.05) is 43.3 Å². The average molecular weight is 285 g/mol. The van der Waals surface area contributed by atoms with Crippen LogP contribution in [0.15, 0.2) is 47.1 Å². The summed E-state index contributed by atoms with van der Waals surface area (Å²) in [5, 5.41) is 0. The molecule has 1 unspecified atom stereocenters. The third-order valence-electron chi connectivity index (χ3n) is 3.70. The second-order valence-corrected chi connectivity index (χ2v) is 5.90. The molecule has 0 fully saturated rings. The maximum absolute atomic E-state index is 12.5. The van der Waals surface area contributed by atoms with Gasteiger partial charge in [0.05, 0.1) is 12.3 Å². The molecule has 1 atom stereocenters. The summed E-state index contributed by atoms with van der Waals surface area (Å²) < 4.78 is 5.37. The number of hydrogen-bond acceptors (Lipinski definition) is 2. The first kappa shape index (κ1) is 15.4. The van der Waals surface area contributed by atoms with E-state index in [-0.39, 0.29) is 11.9 Å². The lowest BCUT2D eigenvalue weighted by Gasteiger charge is -2.23. The van der Waals surface area contributed by atoms with Crippen LogP contribution in [0, 0.1) is 5.92 Å². The number of amides is 1. The molecule has 0 N–H and O–H groups in total. The fourth-order valence-electron chi connectivity index (χ4n) is 2.35. The second-order valence-electron chi connectivity index (χ2n) is 5.90. The van der Waals surface area contributed by atoms with Gasteiger partial charge in [-0.15, -0.1) is 0 Å². The lowest BCUT2D eigenvalue weighted by molar-refractivity contribution is 0.0726. The van der Waals surface area contributed by atoms with Crippen molar-refractivity contribution in [1.29, 1.82) is 0 Å². The quantitative estimate of drug-likeness (QED) is 0.820. The highest BCUT2D eigenvalue weighted by molar-refractivity contribution is 5.94. The van der Waals surface area contributed by atoms with Crippen LogP contribution in [0.1, 0.15) is 48.5 Å². The summed E-state index contributed by atoms with van der Waals surface area (Å²) in [5.74, 6) is 1.42. The fraction of sp³-hybridized carbons (Fsp3) is 0.389. The molecule has 0 aliphatic rings. The minimum absolute atomic E-state index is 0.00926. The summed E-state index contributed by atoms with van der Waals surface area (Å²) in [6.07, 6.45) is 2.66. The molecule has 0 bridgehead atoms. The Labute approximate surface area is 126 Å². The molecular formula is C18H23NO2. The Hall–Kier alpha value is -2.03. The van der Waals surface area contributed by atoms with E-state index in [2.05, 4.69) is 13.8 Å². The second kappa shape index (κ2) is 6.61. The van der Waals surface area contributed by atoms with Gasteiger partial charge in [-0.3, -0.25) is 4.79 Å². The highest BCUT2D eigenvalue weighted by atomic mass is 16.3. The van der Waals surface area contributed by atoms with Crippen molar-refractivity contribution in [3.63, 3.8) is 0 Å². The largest absolute Gasteiger partial charge is 0.467 e. The third-order valence-corrected chi connectivity index (χ3v) is 3.70. The number of carbonyl (C=O) groups excluding carboxylic acids is 1. The van der Waals surface area contributed by atoms with E-state index in [9.17, 15) is 4.79 Å². The van der Waals surface area contributed by atoms with Crippen LogP contribution in [0.25, 0.3) is 0 Å². The van der Waals surface area contributed by atoms with E-state index >= 15 is 0 Å². The molecule has 2 rings (SSSR count). The van der Waals surface area contributed by atoms with Crippen LogP contribution in [0.2, 0.25) is 0 Å². The molecular weight excluding hydrogens is 262 g/mol. The van der Waals surface area contributed by atoms with Crippen LogP contribution >= 0.6 is 0 Å². The SMILES string of the molecule is CC(C)Cc1ccc(C(=O)N(C)C(C)c2ccco2)cc1. The summed E-state index contributed by atoms with van der Waals surface area (Å²) in [6, 6.07) is 11.5. The lowest BCUT2D eigenvalue weighted by atomic mass is 10.0. The van der Waals surface area contributed by atoms with Crippen LogP contribution in [-0.4, -0.2) is 17.9 Å². The van der Waals surface area contributed by atoms with Crippen molar-refractivity contribution in [1.82, 2.24) is 4.90 Å². The smallest absolute Gasteiger partial charge is 0.254 e. The van der Waals surface area contributed by atoms with Gasteiger partial charge >= 0.3 is 0 Å². The average Bonchev–Trinajstić information content (AvgIpc) is 2.99. The first-order chi connectivity index (χ1) is 9.99. The van der Waals surface area contributed by atoms with Gasteiger partial charge in [0.15, 0.2) is 0 Å². The molecule has 1 amide bonds. The van der Waals surface area contributed by atoms with Gasteiger partial charge in [-0.25, -0.2) is 0 Å². The Morgan fingerprint density at radius 3 is 2.33 bits per heavy atom. The normalized spacial score (nSPS) is 12.4. The molecule has 1 heterocycles. The van der Waals surface area contributed by atoms with E-state index in [1.54, 1.807) is 18.2 Å². The van der Waals surface area contributed by atoms with Crippen LogP contribution < -0.4 is 0 Å². The van der Waals surface area contributed by atoms with Crippen molar-refractivity contribution in [2.75, 3.05) is 7.05 Å². The van der Waals surface area contributed by atoms with Crippen LogP contribution in [0.4, 0.5) is 0 Å². The van der Waals surface area contributed by atoms with Crippen molar-refractivity contribution >= 4 is 5.91 Å². The summed E-state index contributed by atoms with van der Waals surface area (Å²) in [6.45, 7) is 6.35. The van der Waals surface area contributed by atoms with Crippen molar-refractivity contribution in [3.8, 4) is 0 Å². The molecule has 2 aromatic rings. The number of benzene rings is 1. The number of carbonyl (C=O) groups is 1. The predicted molar refractivity (Wildman–Crippen MR) is 84.2 cm³/mol. The molecule has 0 radical (unpaired) electrons. The molecule has 1 aromatic heterocycles. The van der Waals surface area contributed by atoms with Gasteiger partial charge in [0.25, 0.3) is 5.91 Å². The zero-order valence-corrected chi connectivity index (χ0v) is 13.2. The third kappa shape index (κ3) is 3.75. The van der Waals surface area contributed by atoms with E-state index in [1.165, 1.54) is 5.56 Å². The molecule has 21 heavy (non-hydrogen) atoms. The van der Waals surface area contributed by atoms with Gasteiger partial charge in [0, 0.05) is 12.6 Å². The topological polar surface area (TPSA) is 33.5 Å². The van der Waals surface area contributed by atoms with Crippen molar-refractivity contribution in [2.45, 2.75) is 33.2 Å². The van der Waals surface area contributed by atoms with Gasteiger partial charge < -0.3 is 9.32 Å². The van der Waals surface area contributed by atoms with Crippen molar-refractivity contribution in [2.24, 2.45) is 5.92 Å². The molecule has 3 nitrogen and oxygen atoms in total. The molecule has 0 aliphatic heterocycles. The maximum atomic E-state index is 12.5. The van der Waals surface area contributed by atoms with Gasteiger partial charge in [-0.2, -0.15) is 0 Å². The van der Waals surface area contributed by atoms with Crippen molar-refractivity contribution < 1.29 is 9.21 Å². The number of furan rings is 1.